The van der Waals surface area contributed by atoms with Gasteiger partial charge in [0.05, 0.1) is 13.2 Å². The van der Waals surface area contributed by atoms with Gasteiger partial charge in [0, 0.05) is 18.0 Å². The Kier molecular flexibility index (Phi) is 4.90. The first kappa shape index (κ1) is 15.8. The van der Waals surface area contributed by atoms with E-state index in [2.05, 4.69) is 15.3 Å². The van der Waals surface area contributed by atoms with Gasteiger partial charge in [0.25, 0.3) is 11.9 Å². The lowest BCUT2D eigenvalue weighted by Gasteiger charge is -2.09. The van der Waals surface area contributed by atoms with Gasteiger partial charge < -0.3 is 14.2 Å². The predicted octanol–water partition coefficient (Wildman–Crippen LogP) is 2.13. The van der Waals surface area contributed by atoms with E-state index in [-0.39, 0.29) is 18.7 Å². The molecule has 1 aliphatic rings. The Morgan fingerprint density at radius 2 is 2.21 bits per heavy atom. The molecule has 0 bridgehead atoms. The van der Waals surface area contributed by atoms with E-state index < -0.39 is 0 Å². The van der Waals surface area contributed by atoms with Crippen LogP contribution >= 0.6 is 0 Å². The van der Waals surface area contributed by atoms with Gasteiger partial charge in [0.15, 0.2) is 11.5 Å². The molecule has 3 rings (SSSR count). The van der Waals surface area contributed by atoms with E-state index in [1.165, 1.54) is 0 Å². The summed E-state index contributed by atoms with van der Waals surface area (Å²) in [4.78, 5) is 20.7. The SMILES string of the molecule is CCOC(=NCc1cccnc1)NC(=O)c1ccc2c(c1)OCO2. The van der Waals surface area contributed by atoms with Gasteiger partial charge in [-0.2, -0.15) is 0 Å². The number of benzene rings is 1. The van der Waals surface area contributed by atoms with Crippen LogP contribution in [0.5, 0.6) is 11.5 Å². The monoisotopic (exact) mass is 327 g/mol. The number of hydrogen-bond acceptors (Lipinski definition) is 6. The van der Waals surface area contributed by atoms with Gasteiger partial charge in [-0.05, 0) is 36.8 Å². The highest BCUT2D eigenvalue weighted by atomic mass is 16.7. The number of nitrogens with one attached hydrogen (secondary N) is 1. The number of pyridine rings is 1. The Morgan fingerprint density at radius 3 is 3.00 bits per heavy atom. The lowest BCUT2D eigenvalue weighted by molar-refractivity contribution is 0.0965. The van der Waals surface area contributed by atoms with E-state index in [4.69, 9.17) is 14.2 Å². The van der Waals surface area contributed by atoms with Crippen LogP contribution < -0.4 is 14.8 Å². The highest BCUT2D eigenvalue weighted by Crippen LogP contribution is 2.32. The molecule has 0 saturated heterocycles. The van der Waals surface area contributed by atoms with Crippen molar-refractivity contribution in [2.75, 3.05) is 13.4 Å². The second-order valence-electron chi connectivity index (χ2n) is 4.94. The summed E-state index contributed by atoms with van der Waals surface area (Å²) in [6.45, 7) is 2.75. The van der Waals surface area contributed by atoms with Crippen LogP contribution in [0.2, 0.25) is 0 Å². The molecule has 1 aromatic carbocycles. The minimum Gasteiger partial charge on any atom is -0.465 e. The lowest BCUT2D eigenvalue weighted by atomic mass is 10.2. The zero-order valence-corrected chi connectivity index (χ0v) is 13.2. The van der Waals surface area contributed by atoms with E-state index in [1.54, 1.807) is 30.6 Å². The van der Waals surface area contributed by atoms with Crippen LogP contribution in [0.3, 0.4) is 0 Å². The molecule has 2 heterocycles. The van der Waals surface area contributed by atoms with Crippen LogP contribution in [0.15, 0.2) is 47.7 Å². The maximum atomic E-state index is 12.4. The molecular formula is C17H17N3O4. The quantitative estimate of drug-likeness (QED) is 0.687. The number of aliphatic imine (C=N–C) groups is 1. The number of amidine groups is 1. The summed E-state index contributed by atoms with van der Waals surface area (Å²) in [6.07, 6.45) is 3.41. The number of ether oxygens (including phenoxy) is 3. The van der Waals surface area contributed by atoms with E-state index in [0.29, 0.717) is 30.2 Å². The Morgan fingerprint density at radius 1 is 1.33 bits per heavy atom. The van der Waals surface area contributed by atoms with Crippen LogP contribution in [0.1, 0.15) is 22.8 Å². The molecule has 0 atom stereocenters. The second-order valence-corrected chi connectivity index (χ2v) is 4.94. The fraction of sp³-hybridized carbons (Fsp3) is 0.235. The van der Waals surface area contributed by atoms with Crippen molar-refractivity contribution in [1.82, 2.24) is 10.3 Å². The Labute approximate surface area is 139 Å². The molecule has 0 fully saturated rings. The van der Waals surface area contributed by atoms with Crippen LogP contribution in [0.4, 0.5) is 0 Å². The smallest absolute Gasteiger partial charge is 0.292 e. The minimum absolute atomic E-state index is 0.164. The third-order valence-electron chi connectivity index (χ3n) is 3.26. The Hall–Kier alpha value is -3.09. The van der Waals surface area contributed by atoms with Gasteiger partial charge in [-0.3, -0.25) is 15.1 Å². The first-order chi connectivity index (χ1) is 11.8. The lowest BCUT2D eigenvalue weighted by Crippen LogP contribution is -2.32. The highest BCUT2D eigenvalue weighted by Gasteiger charge is 2.17. The van der Waals surface area contributed by atoms with Crippen LogP contribution in [-0.4, -0.2) is 30.3 Å². The highest BCUT2D eigenvalue weighted by molar-refractivity contribution is 6.04. The molecule has 1 aromatic heterocycles. The second kappa shape index (κ2) is 7.45. The third kappa shape index (κ3) is 3.81. The molecular weight excluding hydrogens is 310 g/mol. The third-order valence-corrected chi connectivity index (χ3v) is 3.26. The minimum atomic E-state index is -0.327. The van der Waals surface area contributed by atoms with Gasteiger partial charge in [0.1, 0.15) is 0 Å². The molecule has 24 heavy (non-hydrogen) atoms. The Bertz CT molecular complexity index is 747. The molecule has 124 valence electrons. The van der Waals surface area contributed by atoms with Gasteiger partial charge in [-0.15, -0.1) is 0 Å². The summed E-state index contributed by atoms with van der Waals surface area (Å²) in [5.74, 6) is 0.849. The van der Waals surface area contributed by atoms with E-state index in [0.717, 1.165) is 5.56 Å². The number of aromatic nitrogens is 1. The van der Waals surface area contributed by atoms with E-state index >= 15 is 0 Å². The largest absolute Gasteiger partial charge is 0.465 e. The fourth-order valence-electron chi connectivity index (χ4n) is 2.12. The number of nitrogens with zero attached hydrogens (tertiary/aromatic N) is 2. The topological polar surface area (TPSA) is 82.0 Å². The van der Waals surface area contributed by atoms with Gasteiger partial charge in [0.2, 0.25) is 6.79 Å². The van der Waals surface area contributed by atoms with Crippen molar-refractivity contribution in [3.8, 4) is 11.5 Å². The molecule has 2 aromatic rings. The van der Waals surface area contributed by atoms with Crippen molar-refractivity contribution < 1.29 is 19.0 Å². The summed E-state index contributed by atoms with van der Waals surface area (Å²) in [6, 6.07) is 8.89. The van der Waals surface area contributed by atoms with Gasteiger partial charge in [-0.1, -0.05) is 6.07 Å². The standard InChI is InChI=1S/C17H17N3O4/c1-2-22-17(19-10-12-4-3-7-18-9-12)20-16(21)13-5-6-14-15(8-13)24-11-23-14/h3-9H,2,10-11H2,1H3,(H,19,20,21). The molecule has 0 spiro atoms. The summed E-state index contributed by atoms with van der Waals surface area (Å²) in [7, 11) is 0. The molecule has 0 unspecified atom stereocenters. The average Bonchev–Trinajstić information content (AvgIpc) is 3.08. The van der Waals surface area contributed by atoms with Crippen molar-refractivity contribution in [1.29, 1.82) is 0 Å². The van der Waals surface area contributed by atoms with Gasteiger partial charge in [-0.25, -0.2) is 4.99 Å². The van der Waals surface area contributed by atoms with Crippen molar-refractivity contribution >= 4 is 11.9 Å². The number of amides is 1. The van der Waals surface area contributed by atoms with E-state index in [1.807, 2.05) is 19.1 Å². The summed E-state index contributed by atoms with van der Waals surface area (Å²) in [5, 5.41) is 2.67. The molecule has 1 N–H and O–H groups in total. The number of carbonyl (C=O) groups is 1. The molecule has 7 heteroatoms. The van der Waals surface area contributed by atoms with Gasteiger partial charge >= 0.3 is 0 Å². The normalized spacial score (nSPS) is 12.8. The summed E-state index contributed by atoms with van der Waals surface area (Å²) < 4.78 is 15.9. The first-order valence-electron chi connectivity index (χ1n) is 7.53. The molecule has 1 aliphatic heterocycles. The number of rotatable bonds is 4. The average molecular weight is 327 g/mol. The van der Waals surface area contributed by atoms with Crippen LogP contribution in [0, 0.1) is 0 Å². The molecule has 1 amide bonds. The zero-order chi connectivity index (χ0) is 16.8. The molecule has 0 saturated carbocycles. The van der Waals surface area contributed by atoms with Crippen molar-refractivity contribution in [3.05, 3.63) is 53.9 Å². The van der Waals surface area contributed by atoms with Crippen molar-refractivity contribution in [2.45, 2.75) is 13.5 Å². The first-order valence-corrected chi connectivity index (χ1v) is 7.53. The maximum Gasteiger partial charge on any atom is 0.292 e. The van der Waals surface area contributed by atoms with Crippen molar-refractivity contribution in [2.24, 2.45) is 4.99 Å². The Balaban J connectivity index is 1.69. The summed E-state index contributed by atoms with van der Waals surface area (Å²) in [5.41, 5.74) is 1.36. The molecule has 7 nitrogen and oxygen atoms in total. The summed E-state index contributed by atoms with van der Waals surface area (Å²) >= 11 is 0. The van der Waals surface area contributed by atoms with E-state index in [9.17, 15) is 4.79 Å². The maximum absolute atomic E-state index is 12.4. The number of fused-ring (bicyclic) bond motifs is 1. The number of carbonyl (C=O) groups excluding carboxylic acids is 1. The van der Waals surface area contributed by atoms with Crippen LogP contribution in [-0.2, 0) is 11.3 Å². The molecule has 0 radical (unpaired) electrons. The zero-order valence-electron chi connectivity index (χ0n) is 13.2. The fourth-order valence-corrected chi connectivity index (χ4v) is 2.12. The molecule has 0 aliphatic carbocycles. The van der Waals surface area contributed by atoms with Crippen LogP contribution in [0.25, 0.3) is 0 Å². The number of hydrogen-bond donors (Lipinski definition) is 1. The predicted molar refractivity (Wildman–Crippen MR) is 87.0 cm³/mol. The van der Waals surface area contributed by atoms with Crippen molar-refractivity contribution in [3.63, 3.8) is 0 Å².